The third kappa shape index (κ3) is 5.50. The Kier molecular flexibility index (Phi) is 8.67. The van der Waals surface area contributed by atoms with Gasteiger partial charge in [-0.15, -0.1) is 0 Å². The van der Waals surface area contributed by atoms with E-state index in [2.05, 4.69) is 15.5 Å². The van der Waals surface area contributed by atoms with E-state index in [-0.39, 0.29) is 24.3 Å². The summed E-state index contributed by atoms with van der Waals surface area (Å²) in [5, 5.41) is 16.6. The lowest BCUT2D eigenvalue weighted by Gasteiger charge is -2.37. The van der Waals surface area contributed by atoms with Crippen LogP contribution in [0.25, 0.3) is 0 Å². The zero-order valence-electron chi connectivity index (χ0n) is 24.4. The summed E-state index contributed by atoms with van der Waals surface area (Å²) < 4.78 is 17.5. The van der Waals surface area contributed by atoms with Gasteiger partial charge in [-0.2, -0.15) is 0 Å². The standard InChI is InChI=1S/C32H40N4O7/c1-2-42-23-10-8-22(9-11-23)34-29(38)26-25-12-13-32(43-25)27(26)31(40)36(24(20-37)21-6-4-3-5-7-21)28(32)30(39)33-14-15-35-16-18-41-19-17-35/h3-11,24-28,37H,2,12-20H2,1H3,(H,33,39)(H,34,38)/t24-,25-,26+,27+,28?,32?/m1/s1. The second-order valence-corrected chi connectivity index (χ2v) is 11.6. The minimum absolute atomic E-state index is 0.317. The van der Waals surface area contributed by atoms with Crippen LogP contribution in [0.5, 0.6) is 5.75 Å². The molecule has 0 aromatic heterocycles. The molecule has 4 heterocycles. The maximum atomic E-state index is 14.4. The Labute approximate surface area is 251 Å². The van der Waals surface area contributed by atoms with Crippen LogP contribution in [0.1, 0.15) is 31.4 Å². The molecule has 2 unspecified atom stereocenters. The maximum absolute atomic E-state index is 14.4. The summed E-state index contributed by atoms with van der Waals surface area (Å²) in [6, 6.07) is 14.5. The minimum Gasteiger partial charge on any atom is -0.494 e. The molecule has 6 rings (SSSR count). The maximum Gasteiger partial charge on any atom is 0.245 e. The second-order valence-electron chi connectivity index (χ2n) is 11.6. The minimum atomic E-state index is -1.16. The number of aliphatic hydroxyl groups is 1. The zero-order chi connectivity index (χ0) is 30.0. The topological polar surface area (TPSA) is 130 Å². The van der Waals surface area contributed by atoms with Crippen molar-refractivity contribution in [1.82, 2.24) is 15.1 Å². The van der Waals surface area contributed by atoms with Crippen molar-refractivity contribution in [3.63, 3.8) is 0 Å². The number of fused-ring (bicyclic) bond motifs is 1. The number of carbonyl (C=O) groups is 3. The average Bonchev–Trinajstić information content (AvgIpc) is 3.67. The molecule has 6 atom stereocenters. The molecule has 3 amide bonds. The number of hydrogen-bond acceptors (Lipinski definition) is 8. The van der Waals surface area contributed by atoms with Crippen LogP contribution >= 0.6 is 0 Å². The summed E-state index contributed by atoms with van der Waals surface area (Å²) in [5.74, 6) is -1.90. The van der Waals surface area contributed by atoms with Crippen molar-refractivity contribution in [3.05, 3.63) is 60.2 Å². The summed E-state index contributed by atoms with van der Waals surface area (Å²) in [6.45, 7) is 6.04. The Morgan fingerprint density at radius 1 is 1.09 bits per heavy atom. The zero-order valence-corrected chi connectivity index (χ0v) is 24.4. The lowest BCUT2D eigenvalue weighted by atomic mass is 9.70. The first-order valence-electron chi connectivity index (χ1n) is 15.2. The summed E-state index contributed by atoms with van der Waals surface area (Å²) in [6.07, 6.45) is 0.559. The number of hydrogen-bond donors (Lipinski definition) is 3. The van der Waals surface area contributed by atoms with Crippen molar-refractivity contribution in [1.29, 1.82) is 0 Å². The van der Waals surface area contributed by atoms with Gasteiger partial charge in [-0.1, -0.05) is 30.3 Å². The first kappa shape index (κ1) is 29.6. The predicted molar refractivity (Wildman–Crippen MR) is 157 cm³/mol. The first-order valence-corrected chi connectivity index (χ1v) is 15.2. The van der Waals surface area contributed by atoms with E-state index < -0.39 is 35.6 Å². The average molecular weight is 593 g/mol. The van der Waals surface area contributed by atoms with Crippen molar-refractivity contribution in [3.8, 4) is 5.75 Å². The molecule has 0 radical (unpaired) electrons. The van der Waals surface area contributed by atoms with Crippen molar-refractivity contribution < 1.29 is 33.7 Å². The normalized spacial score (nSPS) is 28.9. The van der Waals surface area contributed by atoms with Crippen LogP contribution in [0, 0.1) is 11.8 Å². The van der Waals surface area contributed by atoms with Crippen LogP contribution in [0.4, 0.5) is 5.69 Å². The van der Waals surface area contributed by atoms with Crippen molar-refractivity contribution >= 4 is 23.4 Å². The van der Waals surface area contributed by atoms with Crippen LogP contribution in [0.2, 0.25) is 0 Å². The Balaban J connectivity index is 1.27. The van der Waals surface area contributed by atoms with Crippen molar-refractivity contribution in [2.45, 2.75) is 43.6 Å². The lowest BCUT2D eigenvalue weighted by molar-refractivity contribution is -0.145. The predicted octanol–water partition coefficient (Wildman–Crippen LogP) is 1.58. The van der Waals surface area contributed by atoms with Crippen LogP contribution in [-0.4, -0.2) is 103 Å². The third-order valence-electron chi connectivity index (χ3n) is 9.25. The van der Waals surface area contributed by atoms with Gasteiger partial charge in [-0.05, 0) is 49.6 Å². The number of amides is 3. The van der Waals surface area contributed by atoms with Gasteiger partial charge in [0, 0.05) is 31.9 Å². The molecular weight excluding hydrogens is 552 g/mol. The second kappa shape index (κ2) is 12.6. The van der Waals surface area contributed by atoms with E-state index in [0.717, 1.165) is 13.1 Å². The molecule has 4 saturated heterocycles. The number of nitrogens with zero attached hydrogens (tertiary/aromatic N) is 2. The van der Waals surface area contributed by atoms with Crippen molar-refractivity contribution in [2.24, 2.45) is 11.8 Å². The number of benzene rings is 2. The van der Waals surface area contributed by atoms with Gasteiger partial charge < -0.3 is 34.9 Å². The van der Waals surface area contributed by atoms with Gasteiger partial charge in [-0.25, -0.2) is 0 Å². The van der Waals surface area contributed by atoms with Gasteiger partial charge >= 0.3 is 0 Å². The van der Waals surface area contributed by atoms with E-state index >= 15 is 0 Å². The van der Waals surface area contributed by atoms with E-state index in [4.69, 9.17) is 14.2 Å². The summed E-state index contributed by atoms with van der Waals surface area (Å²) >= 11 is 0. The molecule has 11 nitrogen and oxygen atoms in total. The molecule has 3 N–H and O–H groups in total. The molecule has 4 aliphatic heterocycles. The number of carbonyl (C=O) groups excluding carboxylic acids is 3. The largest absolute Gasteiger partial charge is 0.494 e. The highest BCUT2D eigenvalue weighted by Gasteiger charge is 2.75. The number of likely N-dealkylation sites (tertiary alicyclic amines) is 1. The third-order valence-corrected chi connectivity index (χ3v) is 9.25. The van der Waals surface area contributed by atoms with E-state index in [1.807, 2.05) is 37.3 Å². The Hall–Kier alpha value is -3.51. The number of aliphatic hydroxyl groups excluding tert-OH is 1. The van der Waals surface area contributed by atoms with E-state index in [1.165, 1.54) is 4.90 Å². The molecule has 1 spiro atoms. The molecular formula is C32H40N4O7. The highest BCUT2D eigenvalue weighted by molar-refractivity contribution is 6.02. The fourth-order valence-corrected chi connectivity index (χ4v) is 7.34. The highest BCUT2D eigenvalue weighted by Crippen LogP contribution is 2.59. The highest BCUT2D eigenvalue weighted by atomic mass is 16.5. The molecule has 2 aromatic rings. The molecule has 2 aromatic carbocycles. The molecule has 11 heteroatoms. The summed E-state index contributed by atoms with van der Waals surface area (Å²) in [4.78, 5) is 45.9. The quantitative estimate of drug-likeness (QED) is 0.359. The number of nitrogens with one attached hydrogen (secondary N) is 2. The van der Waals surface area contributed by atoms with E-state index in [1.54, 1.807) is 24.3 Å². The van der Waals surface area contributed by atoms with Gasteiger partial charge in [0.15, 0.2) is 0 Å². The van der Waals surface area contributed by atoms with Gasteiger partial charge in [0.1, 0.15) is 17.4 Å². The monoisotopic (exact) mass is 592 g/mol. The SMILES string of the molecule is CCOc1ccc(NC(=O)[C@@H]2[C@H]3C(=O)N([C@H](CO)c4ccccc4)C(C(=O)NCCN4CCOCC4)C34CC[C@H]2O4)cc1. The molecule has 43 heavy (non-hydrogen) atoms. The summed E-state index contributed by atoms with van der Waals surface area (Å²) in [7, 11) is 0. The Bertz CT molecular complexity index is 1300. The summed E-state index contributed by atoms with van der Waals surface area (Å²) in [5.41, 5.74) is 0.140. The lowest BCUT2D eigenvalue weighted by Crippen LogP contribution is -2.57. The fourth-order valence-electron chi connectivity index (χ4n) is 7.34. The van der Waals surface area contributed by atoms with Gasteiger partial charge in [-0.3, -0.25) is 19.3 Å². The van der Waals surface area contributed by atoms with Gasteiger partial charge in [0.05, 0.1) is 50.4 Å². The van der Waals surface area contributed by atoms with E-state index in [0.29, 0.717) is 62.8 Å². The smallest absolute Gasteiger partial charge is 0.245 e. The van der Waals surface area contributed by atoms with Crippen molar-refractivity contribution in [2.75, 3.05) is 57.9 Å². The Morgan fingerprint density at radius 3 is 2.53 bits per heavy atom. The van der Waals surface area contributed by atoms with Crippen LogP contribution in [0.15, 0.2) is 54.6 Å². The molecule has 0 aliphatic carbocycles. The van der Waals surface area contributed by atoms with Gasteiger partial charge in [0.25, 0.3) is 0 Å². The molecule has 230 valence electrons. The first-order chi connectivity index (χ1) is 21.0. The number of morpholine rings is 1. The Morgan fingerprint density at radius 2 is 1.84 bits per heavy atom. The van der Waals surface area contributed by atoms with Gasteiger partial charge in [0.2, 0.25) is 17.7 Å². The van der Waals surface area contributed by atoms with Crippen LogP contribution in [0.3, 0.4) is 0 Å². The number of anilines is 1. The molecule has 4 aliphatic rings. The van der Waals surface area contributed by atoms with E-state index in [9.17, 15) is 19.5 Å². The number of ether oxygens (including phenoxy) is 3. The molecule has 2 bridgehead atoms. The van der Waals surface area contributed by atoms with Crippen LogP contribution < -0.4 is 15.4 Å². The molecule has 0 saturated carbocycles. The molecule has 4 fully saturated rings. The number of rotatable bonds is 11. The van der Waals surface area contributed by atoms with Crippen LogP contribution in [-0.2, 0) is 23.9 Å². The fraction of sp³-hybridized carbons (Fsp3) is 0.531.